The highest BCUT2D eigenvalue weighted by molar-refractivity contribution is 5.28. The number of hydrogen-bond donors (Lipinski definition) is 1. The predicted molar refractivity (Wildman–Crippen MR) is 75.7 cm³/mol. The van der Waals surface area contributed by atoms with Gasteiger partial charge in [0.05, 0.1) is 0 Å². The molecule has 1 atom stereocenters. The van der Waals surface area contributed by atoms with Gasteiger partial charge in [0.2, 0.25) is 0 Å². The van der Waals surface area contributed by atoms with Crippen LogP contribution in [0.2, 0.25) is 0 Å². The van der Waals surface area contributed by atoms with Crippen molar-refractivity contribution in [2.45, 2.75) is 44.7 Å². The quantitative estimate of drug-likeness (QED) is 0.860. The Labute approximate surface area is 110 Å². The molecule has 1 aromatic rings. The first-order valence-corrected chi connectivity index (χ1v) is 7.29. The van der Waals surface area contributed by atoms with Crippen LogP contribution in [0.25, 0.3) is 0 Å². The van der Waals surface area contributed by atoms with Crippen LogP contribution in [-0.4, -0.2) is 30.1 Å². The summed E-state index contributed by atoms with van der Waals surface area (Å²) >= 11 is 0. The second-order valence-electron chi connectivity index (χ2n) is 6.17. The average Bonchev–Trinajstić information content (AvgIpc) is 2.68. The van der Waals surface area contributed by atoms with Gasteiger partial charge in [-0.2, -0.15) is 0 Å². The van der Waals surface area contributed by atoms with Crippen molar-refractivity contribution in [3.05, 3.63) is 35.4 Å². The van der Waals surface area contributed by atoms with Crippen molar-refractivity contribution in [3.63, 3.8) is 0 Å². The summed E-state index contributed by atoms with van der Waals surface area (Å²) in [5.74, 6) is 0. The molecule has 1 N–H and O–H groups in total. The molecule has 1 saturated heterocycles. The minimum Gasteiger partial charge on any atom is -0.310 e. The topological polar surface area (TPSA) is 15.3 Å². The Morgan fingerprint density at radius 2 is 2.06 bits per heavy atom. The second kappa shape index (κ2) is 5.02. The fraction of sp³-hybridized carbons (Fsp3) is 0.625. The number of aryl methyl sites for hydroxylation is 1. The van der Waals surface area contributed by atoms with Crippen LogP contribution in [0.5, 0.6) is 0 Å². The molecule has 1 aromatic carbocycles. The van der Waals surface area contributed by atoms with Crippen LogP contribution in [0, 0.1) is 0 Å². The zero-order valence-corrected chi connectivity index (χ0v) is 11.4. The Bertz CT molecular complexity index is 407. The van der Waals surface area contributed by atoms with Crippen molar-refractivity contribution in [2.24, 2.45) is 0 Å². The number of hydrogen-bond acceptors (Lipinski definition) is 2. The van der Waals surface area contributed by atoms with Crippen LogP contribution in [0.3, 0.4) is 0 Å². The van der Waals surface area contributed by atoms with Gasteiger partial charge in [-0.1, -0.05) is 24.3 Å². The SMILES string of the molecule is CC1(CN2CCCc3ccccc3C2)CCCN1. The summed E-state index contributed by atoms with van der Waals surface area (Å²) in [6.45, 7) is 7.15. The van der Waals surface area contributed by atoms with Crippen molar-refractivity contribution in [2.75, 3.05) is 19.6 Å². The van der Waals surface area contributed by atoms with Crippen molar-refractivity contribution in [1.29, 1.82) is 0 Å². The van der Waals surface area contributed by atoms with Gasteiger partial charge in [-0.05, 0) is 56.8 Å². The molecule has 0 amide bonds. The summed E-state index contributed by atoms with van der Waals surface area (Å²) in [7, 11) is 0. The maximum absolute atomic E-state index is 3.68. The average molecular weight is 244 g/mol. The standard InChI is InChI=1S/C16H24N2/c1-16(9-5-10-17-16)13-18-11-4-8-14-6-2-3-7-15(14)12-18/h2-3,6-7,17H,4-5,8-13H2,1H3. The smallest absolute Gasteiger partial charge is 0.0281 e. The Hall–Kier alpha value is -0.860. The third kappa shape index (κ3) is 2.60. The molecule has 2 aliphatic heterocycles. The van der Waals surface area contributed by atoms with Crippen molar-refractivity contribution in [3.8, 4) is 0 Å². The van der Waals surface area contributed by atoms with Gasteiger partial charge in [-0.25, -0.2) is 0 Å². The van der Waals surface area contributed by atoms with Crippen LogP contribution in [0.4, 0.5) is 0 Å². The molecular weight excluding hydrogens is 220 g/mol. The largest absolute Gasteiger partial charge is 0.310 e. The van der Waals surface area contributed by atoms with Crippen molar-refractivity contribution in [1.82, 2.24) is 10.2 Å². The Balaban J connectivity index is 1.71. The maximum Gasteiger partial charge on any atom is 0.0281 e. The van der Waals surface area contributed by atoms with Crippen LogP contribution in [0.15, 0.2) is 24.3 Å². The lowest BCUT2D eigenvalue weighted by atomic mass is 9.99. The van der Waals surface area contributed by atoms with Crippen LogP contribution in [-0.2, 0) is 13.0 Å². The van der Waals surface area contributed by atoms with E-state index >= 15 is 0 Å². The van der Waals surface area contributed by atoms with E-state index in [1.807, 2.05) is 0 Å². The number of nitrogens with zero attached hydrogens (tertiary/aromatic N) is 1. The van der Waals surface area contributed by atoms with Crippen molar-refractivity contribution < 1.29 is 0 Å². The molecule has 1 unspecified atom stereocenters. The van der Waals surface area contributed by atoms with Crippen LogP contribution in [0.1, 0.15) is 37.3 Å². The molecule has 0 saturated carbocycles. The molecule has 18 heavy (non-hydrogen) atoms. The first-order valence-electron chi connectivity index (χ1n) is 7.29. The molecular formula is C16H24N2. The fourth-order valence-corrected chi connectivity index (χ4v) is 3.49. The Morgan fingerprint density at radius 1 is 1.22 bits per heavy atom. The van der Waals surface area contributed by atoms with E-state index in [1.165, 1.54) is 50.9 Å². The first kappa shape index (κ1) is 12.2. The third-order valence-electron chi connectivity index (χ3n) is 4.46. The van der Waals surface area contributed by atoms with Crippen LogP contribution >= 0.6 is 0 Å². The van der Waals surface area contributed by atoms with E-state index in [0.29, 0.717) is 5.54 Å². The van der Waals surface area contributed by atoms with Gasteiger partial charge in [0.1, 0.15) is 0 Å². The molecule has 2 heteroatoms. The normalized spacial score (nSPS) is 28.9. The molecule has 3 rings (SSSR count). The summed E-state index contributed by atoms with van der Waals surface area (Å²) in [4.78, 5) is 2.64. The predicted octanol–water partition coefficient (Wildman–Crippen LogP) is 2.58. The van der Waals surface area contributed by atoms with E-state index < -0.39 is 0 Å². The minimum atomic E-state index is 0.347. The summed E-state index contributed by atoms with van der Waals surface area (Å²) < 4.78 is 0. The molecule has 98 valence electrons. The lowest BCUT2D eigenvalue weighted by Crippen LogP contribution is -2.47. The van der Waals surface area contributed by atoms with Crippen LogP contribution < -0.4 is 5.32 Å². The zero-order valence-electron chi connectivity index (χ0n) is 11.4. The number of nitrogens with one attached hydrogen (secondary N) is 1. The second-order valence-corrected chi connectivity index (χ2v) is 6.17. The van der Waals surface area contributed by atoms with Gasteiger partial charge in [0.15, 0.2) is 0 Å². The highest BCUT2D eigenvalue weighted by atomic mass is 15.2. The molecule has 2 heterocycles. The van der Waals surface area contributed by atoms with Gasteiger partial charge in [-0.15, -0.1) is 0 Å². The molecule has 1 fully saturated rings. The lowest BCUT2D eigenvalue weighted by Gasteiger charge is -2.32. The molecule has 0 radical (unpaired) electrons. The summed E-state index contributed by atoms with van der Waals surface area (Å²) in [5, 5.41) is 3.68. The molecule has 0 bridgehead atoms. The van der Waals surface area contributed by atoms with Gasteiger partial charge in [-0.3, -0.25) is 4.90 Å². The van der Waals surface area contributed by atoms with E-state index in [0.717, 1.165) is 6.54 Å². The summed E-state index contributed by atoms with van der Waals surface area (Å²) in [6, 6.07) is 8.96. The molecule has 0 aliphatic carbocycles. The van der Waals surface area contributed by atoms with Crippen molar-refractivity contribution >= 4 is 0 Å². The number of fused-ring (bicyclic) bond motifs is 1. The van der Waals surface area contributed by atoms with E-state index in [4.69, 9.17) is 0 Å². The number of benzene rings is 1. The third-order valence-corrected chi connectivity index (χ3v) is 4.46. The van der Waals surface area contributed by atoms with E-state index in [9.17, 15) is 0 Å². The van der Waals surface area contributed by atoms with Gasteiger partial charge < -0.3 is 5.32 Å². The molecule has 0 spiro atoms. The van der Waals surface area contributed by atoms with E-state index in [-0.39, 0.29) is 0 Å². The zero-order chi connectivity index (χ0) is 12.4. The van der Waals surface area contributed by atoms with Gasteiger partial charge >= 0.3 is 0 Å². The molecule has 0 aromatic heterocycles. The maximum atomic E-state index is 3.68. The monoisotopic (exact) mass is 244 g/mol. The van der Waals surface area contributed by atoms with Gasteiger partial charge in [0, 0.05) is 18.6 Å². The summed E-state index contributed by atoms with van der Waals surface area (Å²) in [5.41, 5.74) is 3.44. The van der Waals surface area contributed by atoms with E-state index in [1.54, 1.807) is 5.56 Å². The fourth-order valence-electron chi connectivity index (χ4n) is 3.49. The Morgan fingerprint density at radius 3 is 2.83 bits per heavy atom. The highest BCUT2D eigenvalue weighted by Crippen LogP contribution is 2.24. The Kier molecular flexibility index (Phi) is 3.40. The molecule has 2 aliphatic rings. The highest BCUT2D eigenvalue weighted by Gasteiger charge is 2.30. The summed E-state index contributed by atoms with van der Waals surface area (Å²) in [6.07, 6.45) is 5.20. The first-order chi connectivity index (χ1) is 8.75. The minimum absolute atomic E-state index is 0.347. The number of rotatable bonds is 2. The van der Waals surface area contributed by atoms with E-state index in [2.05, 4.69) is 41.4 Å². The molecule has 2 nitrogen and oxygen atoms in total. The lowest BCUT2D eigenvalue weighted by molar-refractivity contribution is 0.198. The van der Waals surface area contributed by atoms with Gasteiger partial charge in [0.25, 0.3) is 0 Å².